The minimum Gasteiger partial charge on any atom is -0.545 e. The van der Waals surface area contributed by atoms with Crippen molar-refractivity contribution in [2.24, 2.45) is 0 Å². The number of carbonyl (C=O) groups is 3. The number of furan rings is 1. The third kappa shape index (κ3) is 3.00. The van der Waals surface area contributed by atoms with E-state index in [1.807, 2.05) is 0 Å². The largest absolute Gasteiger partial charge is 0.545 e. The highest BCUT2D eigenvalue weighted by Crippen LogP contribution is 2.19. The van der Waals surface area contributed by atoms with E-state index in [4.69, 9.17) is 4.42 Å². The first-order chi connectivity index (χ1) is 9.90. The molecule has 2 aromatic rings. The molecule has 0 unspecified atom stereocenters. The third-order valence-corrected chi connectivity index (χ3v) is 2.92. The van der Waals surface area contributed by atoms with Crippen LogP contribution in [0.2, 0.25) is 0 Å². The Morgan fingerprint density at radius 2 is 1.81 bits per heavy atom. The Labute approximate surface area is 120 Å². The summed E-state index contributed by atoms with van der Waals surface area (Å²) >= 11 is 0. The quantitative estimate of drug-likeness (QED) is 0.856. The van der Waals surface area contributed by atoms with E-state index in [-0.39, 0.29) is 22.8 Å². The van der Waals surface area contributed by atoms with Crippen LogP contribution in [-0.2, 0) is 0 Å². The van der Waals surface area contributed by atoms with Gasteiger partial charge in [0, 0.05) is 11.6 Å². The molecule has 0 aliphatic rings. The molecule has 0 saturated carbocycles. The standard InChI is InChI=1S/C15H13NO5/c1-8(17)11-7-13(21-9(11)2)14(18)16-12-6-4-3-5-10(12)15(19)20/h3-7H,1-2H3,(H,16,18)(H,19,20)/p-1. The smallest absolute Gasteiger partial charge is 0.291 e. The van der Waals surface area contributed by atoms with Crippen LogP contribution in [0, 0.1) is 6.92 Å². The molecule has 108 valence electrons. The van der Waals surface area contributed by atoms with Crippen LogP contribution in [0.25, 0.3) is 0 Å². The van der Waals surface area contributed by atoms with Crippen molar-refractivity contribution >= 4 is 23.3 Å². The Morgan fingerprint density at radius 3 is 2.38 bits per heavy atom. The van der Waals surface area contributed by atoms with Gasteiger partial charge in [-0.05, 0) is 19.9 Å². The van der Waals surface area contributed by atoms with Crippen molar-refractivity contribution in [1.82, 2.24) is 0 Å². The van der Waals surface area contributed by atoms with E-state index < -0.39 is 11.9 Å². The molecule has 6 nitrogen and oxygen atoms in total. The minimum atomic E-state index is -1.40. The molecule has 0 spiro atoms. The average molecular weight is 286 g/mol. The molecule has 0 aliphatic heterocycles. The monoisotopic (exact) mass is 286 g/mol. The van der Waals surface area contributed by atoms with Crippen molar-refractivity contribution in [2.45, 2.75) is 13.8 Å². The second-order valence-corrected chi connectivity index (χ2v) is 4.42. The number of hydrogen-bond acceptors (Lipinski definition) is 5. The maximum Gasteiger partial charge on any atom is 0.291 e. The number of benzene rings is 1. The van der Waals surface area contributed by atoms with E-state index in [0.717, 1.165) is 0 Å². The van der Waals surface area contributed by atoms with Crippen molar-refractivity contribution in [2.75, 3.05) is 5.32 Å². The summed E-state index contributed by atoms with van der Waals surface area (Å²) in [6, 6.07) is 7.18. The fourth-order valence-electron chi connectivity index (χ4n) is 1.90. The van der Waals surface area contributed by atoms with Crippen molar-refractivity contribution in [3.05, 3.63) is 53.0 Å². The Bertz CT molecular complexity index is 729. The van der Waals surface area contributed by atoms with Crippen molar-refractivity contribution in [3.8, 4) is 0 Å². The van der Waals surface area contributed by atoms with Gasteiger partial charge in [0.25, 0.3) is 5.91 Å². The molecule has 1 aromatic carbocycles. The highest BCUT2D eigenvalue weighted by atomic mass is 16.4. The zero-order valence-corrected chi connectivity index (χ0v) is 11.4. The highest BCUT2D eigenvalue weighted by Gasteiger charge is 2.17. The van der Waals surface area contributed by atoms with Crippen LogP contribution in [-0.4, -0.2) is 17.7 Å². The van der Waals surface area contributed by atoms with Crippen LogP contribution in [0.4, 0.5) is 5.69 Å². The van der Waals surface area contributed by atoms with Crippen molar-refractivity contribution < 1.29 is 23.9 Å². The van der Waals surface area contributed by atoms with E-state index in [0.29, 0.717) is 11.3 Å². The Balaban J connectivity index is 2.29. The number of carboxylic acid groups (broad SMARTS) is 1. The first-order valence-electron chi connectivity index (χ1n) is 6.13. The normalized spacial score (nSPS) is 10.2. The molecule has 1 heterocycles. The molecule has 0 atom stereocenters. The molecule has 21 heavy (non-hydrogen) atoms. The summed E-state index contributed by atoms with van der Waals surface area (Å²) in [5.41, 5.74) is 0.273. The van der Waals surface area contributed by atoms with Gasteiger partial charge in [-0.15, -0.1) is 0 Å². The number of carboxylic acids is 1. The van der Waals surface area contributed by atoms with Crippen LogP contribution in [0.5, 0.6) is 0 Å². The molecule has 1 N–H and O–H groups in total. The minimum absolute atomic E-state index is 0.0640. The van der Waals surface area contributed by atoms with Gasteiger partial charge in [-0.1, -0.05) is 18.2 Å². The topological polar surface area (TPSA) is 99.4 Å². The van der Waals surface area contributed by atoms with Crippen LogP contribution >= 0.6 is 0 Å². The number of hydrogen-bond donors (Lipinski definition) is 1. The molecule has 2 rings (SSSR count). The van der Waals surface area contributed by atoms with Gasteiger partial charge < -0.3 is 19.6 Å². The van der Waals surface area contributed by atoms with Gasteiger partial charge in [0.15, 0.2) is 11.5 Å². The number of rotatable bonds is 4. The lowest BCUT2D eigenvalue weighted by Gasteiger charge is -2.10. The zero-order chi connectivity index (χ0) is 15.6. The lowest BCUT2D eigenvalue weighted by atomic mass is 10.1. The summed E-state index contributed by atoms with van der Waals surface area (Å²) in [5, 5.41) is 13.4. The van der Waals surface area contributed by atoms with Crippen molar-refractivity contribution in [1.29, 1.82) is 0 Å². The second kappa shape index (κ2) is 5.62. The predicted molar refractivity (Wildman–Crippen MR) is 72.2 cm³/mol. The lowest BCUT2D eigenvalue weighted by Crippen LogP contribution is -2.24. The second-order valence-electron chi connectivity index (χ2n) is 4.42. The van der Waals surface area contributed by atoms with Gasteiger partial charge in [0.2, 0.25) is 0 Å². The van der Waals surface area contributed by atoms with Gasteiger partial charge in [-0.2, -0.15) is 0 Å². The van der Waals surface area contributed by atoms with Gasteiger partial charge in [-0.3, -0.25) is 9.59 Å². The number of para-hydroxylation sites is 1. The molecule has 0 saturated heterocycles. The summed E-state index contributed by atoms with van der Waals surface area (Å²) in [6.07, 6.45) is 0. The van der Waals surface area contributed by atoms with Crippen LogP contribution in [0.3, 0.4) is 0 Å². The van der Waals surface area contributed by atoms with Crippen molar-refractivity contribution in [3.63, 3.8) is 0 Å². The molecule has 0 bridgehead atoms. The number of ketones is 1. The Hall–Kier alpha value is -2.89. The first kappa shape index (κ1) is 14.5. The third-order valence-electron chi connectivity index (χ3n) is 2.92. The van der Waals surface area contributed by atoms with Gasteiger partial charge >= 0.3 is 0 Å². The Morgan fingerprint density at radius 1 is 1.14 bits per heavy atom. The summed E-state index contributed by atoms with van der Waals surface area (Å²) in [7, 11) is 0. The molecule has 1 aromatic heterocycles. The summed E-state index contributed by atoms with van der Waals surface area (Å²) in [4.78, 5) is 34.3. The highest BCUT2D eigenvalue weighted by molar-refractivity contribution is 6.07. The Kier molecular flexibility index (Phi) is 3.89. The molecule has 0 aliphatic carbocycles. The maximum atomic E-state index is 12.0. The molecule has 0 fully saturated rings. The van der Waals surface area contributed by atoms with Crippen LogP contribution in [0.15, 0.2) is 34.7 Å². The fourth-order valence-corrected chi connectivity index (χ4v) is 1.90. The van der Waals surface area contributed by atoms with Crippen LogP contribution in [0.1, 0.15) is 44.0 Å². The lowest BCUT2D eigenvalue weighted by molar-refractivity contribution is -0.254. The molecule has 0 radical (unpaired) electrons. The van der Waals surface area contributed by atoms with Gasteiger partial charge in [-0.25, -0.2) is 0 Å². The summed E-state index contributed by atoms with van der Waals surface area (Å²) in [6.45, 7) is 2.94. The number of aryl methyl sites for hydroxylation is 1. The number of anilines is 1. The average Bonchev–Trinajstić information content (AvgIpc) is 2.81. The number of nitrogens with one attached hydrogen (secondary N) is 1. The molecular weight excluding hydrogens is 274 g/mol. The van der Waals surface area contributed by atoms with Gasteiger partial charge in [0.1, 0.15) is 5.76 Å². The fraction of sp³-hybridized carbons (Fsp3) is 0.133. The van der Waals surface area contributed by atoms with E-state index in [1.54, 1.807) is 13.0 Å². The molecule has 6 heteroatoms. The zero-order valence-electron chi connectivity index (χ0n) is 11.4. The number of amides is 1. The van der Waals surface area contributed by atoms with E-state index >= 15 is 0 Å². The summed E-state index contributed by atoms with van der Waals surface area (Å²) < 4.78 is 5.21. The first-order valence-corrected chi connectivity index (χ1v) is 6.13. The number of carbonyl (C=O) groups excluding carboxylic acids is 3. The van der Waals surface area contributed by atoms with E-state index in [1.165, 1.54) is 31.2 Å². The number of aromatic carboxylic acids is 1. The van der Waals surface area contributed by atoms with E-state index in [2.05, 4.69) is 5.32 Å². The molecule has 1 amide bonds. The van der Waals surface area contributed by atoms with Crippen LogP contribution < -0.4 is 10.4 Å². The maximum absolute atomic E-state index is 12.0. The molecular formula is C15H12NO5-. The number of Topliss-reactive ketones (excluding diaryl/α,β-unsaturated/α-hetero) is 1. The SMILES string of the molecule is CC(=O)c1cc(C(=O)Nc2ccccc2C(=O)[O-])oc1C. The van der Waals surface area contributed by atoms with E-state index in [9.17, 15) is 19.5 Å². The van der Waals surface area contributed by atoms with Gasteiger partial charge in [0.05, 0.1) is 17.2 Å². The predicted octanol–water partition coefficient (Wildman–Crippen LogP) is 1.41. The summed E-state index contributed by atoms with van der Waals surface area (Å²) in [5.74, 6) is -1.98.